The summed E-state index contributed by atoms with van der Waals surface area (Å²) in [7, 11) is -6.07. The number of benzene rings is 14. The van der Waals surface area contributed by atoms with Gasteiger partial charge in [-0.15, -0.1) is 17.5 Å². The van der Waals surface area contributed by atoms with Crippen molar-refractivity contribution in [1.29, 1.82) is 0 Å². The van der Waals surface area contributed by atoms with Gasteiger partial charge in [0.25, 0.3) is 0 Å². The zero-order valence-corrected chi connectivity index (χ0v) is 62.0. The van der Waals surface area contributed by atoms with Gasteiger partial charge < -0.3 is 10.6 Å². The first-order valence-corrected chi connectivity index (χ1v) is 41.2. The summed E-state index contributed by atoms with van der Waals surface area (Å²) in [6.07, 6.45) is 6.78. The number of halogens is 1. The zero-order valence-electron chi connectivity index (χ0n) is 56.2. The summed E-state index contributed by atoms with van der Waals surface area (Å²) in [6.45, 7) is 0. The van der Waals surface area contributed by atoms with Gasteiger partial charge >= 0.3 is 0 Å². The lowest BCUT2D eigenvalue weighted by Crippen LogP contribution is -2.49. The van der Waals surface area contributed by atoms with Gasteiger partial charge in [-0.1, -0.05) is 357 Å². The number of nitrogens with one attached hydrogen (secondary N) is 2. The van der Waals surface area contributed by atoms with E-state index in [0.717, 1.165) is 16.9 Å². The number of rotatable bonds is 10. The molecule has 0 radical (unpaired) electrons. The predicted molar refractivity (Wildman–Crippen MR) is 451 cm³/mol. The third kappa shape index (κ3) is 13.0. The summed E-state index contributed by atoms with van der Waals surface area (Å²) in [5.74, 6) is 3.84. The Kier molecular flexibility index (Phi) is 19.3. The maximum absolute atomic E-state index is 6.78. The summed E-state index contributed by atoms with van der Waals surface area (Å²) in [4.78, 5) is 5.05. The van der Waals surface area contributed by atoms with Crippen molar-refractivity contribution in [3.8, 4) is 23.4 Å². The van der Waals surface area contributed by atoms with Gasteiger partial charge in [0.05, 0.1) is 22.7 Å². The number of hydrogen-bond donors (Lipinski definition) is 2. The molecule has 103 heavy (non-hydrogen) atoms. The second-order valence-electron chi connectivity index (χ2n) is 25.4. The molecule has 0 bridgehead atoms. The van der Waals surface area contributed by atoms with Crippen molar-refractivity contribution in [2.24, 2.45) is 0 Å². The fourth-order valence-corrected chi connectivity index (χ4v) is 26.4. The Morgan fingerprint density at radius 2 is 0.534 bits per heavy atom. The Balaban J connectivity index is 0.000000136. The van der Waals surface area contributed by atoms with Crippen molar-refractivity contribution in [3.05, 3.63) is 442 Å². The molecule has 0 unspecified atom stereocenters. The molecular formula is C96H67IN2S2Si2. The van der Waals surface area contributed by atoms with Gasteiger partial charge in [0.15, 0.2) is 0 Å². The standard InChI is InChI=1S/C48H33NSSi.C36H26Si.C12H8INS/c1-6-18-36(19-7-1)45-46(37-20-8-2-9-21-37)48(39-24-12-4-13-25-39)51(40-26-14-5-15-27-40,47(45)38-22-10-3-11-23-38)33-32-35-30-31-44-42(34-35)49-41-28-16-17-29-43(41)50-44;1-2-37(32-26-16-7-17-27-32)35(30-22-12-5-13-23-30)33(28-18-8-3-9-19-28)34(29-20-10-4-11-21-29)36(37)31-24-14-6-15-25-31;13-8-5-6-12-10(7-8)14-9-3-1-2-4-11(9)15-12/h1-31,34,49H;1,3-27H;1-7,14H. The Labute approximate surface area is 628 Å². The highest BCUT2D eigenvalue weighted by Crippen LogP contribution is 2.58. The Bertz CT molecular complexity index is 5460. The van der Waals surface area contributed by atoms with Gasteiger partial charge in [-0.3, -0.25) is 0 Å². The molecule has 4 heterocycles. The molecule has 2 nitrogen and oxygen atoms in total. The summed E-state index contributed by atoms with van der Waals surface area (Å²) in [6, 6.07) is 139. The van der Waals surface area contributed by atoms with Crippen LogP contribution < -0.4 is 21.0 Å². The van der Waals surface area contributed by atoms with Crippen LogP contribution in [0.5, 0.6) is 0 Å². The van der Waals surface area contributed by atoms with Crippen LogP contribution in [-0.2, 0) is 0 Å². The molecular weight excluding hydrogens is 1430 g/mol. The molecule has 4 aliphatic rings. The lowest BCUT2D eigenvalue weighted by atomic mass is 9.89. The molecule has 18 rings (SSSR count). The molecule has 0 aromatic heterocycles. The van der Waals surface area contributed by atoms with E-state index < -0.39 is 16.1 Å². The molecule has 2 N–H and O–H groups in total. The quantitative estimate of drug-likeness (QED) is 0.0810. The van der Waals surface area contributed by atoms with Crippen LogP contribution in [-0.4, -0.2) is 16.1 Å². The van der Waals surface area contributed by atoms with Crippen molar-refractivity contribution in [1.82, 2.24) is 0 Å². The van der Waals surface area contributed by atoms with Gasteiger partial charge in [-0.2, -0.15) is 0 Å². The van der Waals surface area contributed by atoms with Gasteiger partial charge in [0.2, 0.25) is 16.1 Å². The van der Waals surface area contributed by atoms with Crippen LogP contribution in [0.15, 0.2) is 408 Å². The third-order valence-corrected chi connectivity index (χ3v) is 30.7. The molecule has 7 heteroatoms. The number of terminal acetylenes is 1. The zero-order chi connectivity index (χ0) is 69.4. The number of fused-ring (bicyclic) bond motifs is 4. The van der Waals surface area contributed by atoms with Crippen LogP contribution in [0.3, 0.4) is 0 Å². The highest BCUT2D eigenvalue weighted by molar-refractivity contribution is 14.1. The average Bonchev–Trinajstić information content (AvgIpc) is 1.55. The SMILES string of the molecule is C#C[Si]1(c2ccccc2)C(c2ccccc2)=C(c2ccccc2)C(c2ccccc2)=C1c1ccccc1.C(#C[Si]1(c2ccccc2)C(c2ccccc2)=C(c2ccccc2)C(c2ccccc2)=C1c1ccccc1)c1ccc2c(c1)Nc1ccccc1S2.Ic1ccc2c(c1)Nc1ccccc1S2. The van der Waals surface area contributed by atoms with E-state index >= 15 is 0 Å². The fraction of sp³-hybridized carbons (Fsp3) is 0. The summed E-state index contributed by atoms with van der Waals surface area (Å²) < 4.78 is 1.26. The summed E-state index contributed by atoms with van der Waals surface area (Å²) in [5, 5.41) is 14.9. The van der Waals surface area contributed by atoms with Crippen molar-refractivity contribution >= 4 is 138 Å². The molecule has 0 atom stereocenters. The minimum absolute atomic E-state index is 0.998. The lowest BCUT2D eigenvalue weighted by Gasteiger charge is -2.30. The molecule has 0 saturated heterocycles. The molecule has 4 aliphatic heterocycles. The number of anilines is 4. The molecule has 14 aromatic carbocycles. The minimum Gasteiger partial charge on any atom is -0.354 e. The fourth-order valence-electron chi connectivity index (χ4n) is 14.8. The van der Waals surface area contributed by atoms with Crippen LogP contribution in [0.25, 0.3) is 43.1 Å². The second kappa shape index (κ2) is 30.1. The van der Waals surface area contributed by atoms with Crippen molar-refractivity contribution in [2.45, 2.75) is 19.6 Å². The third-order valence-electron chi connectivity index (χ3n) is 19.2. The van der Waals surface area contributed by atoms with E-state index in [0.29, 0.717) is 0 Å². The Hall–Kier alpha value is -11.4. The van der Waals surface area contributed by atoms with Crippen LogP contribution in [0, 0.1) is 27.0 Å². The van der Waals surface area contributed by atoms with E-state index in [1.165, 1.54) is 132 Å². The first kappa shape index (κ1) is 66.2. The van der Waals surface area contributed by atoms with Crippen LogP contribution in [0.4, 0.5) is 22.7 Å². The van der Waals surface area contributed by atoms with Crippen LogP contribution in [0.2, 0.25) is 0 Å². The van der Waals surface area contributed by atoms with E-state index in [-0.39, 0.29) is 0 Å². The Morgan fingerprint density at radius 1 is 0.262 bits per heavy atom. The molecule has 14 aromatic rings. The van der Waals surface area contributed by atoms with Gasteiger partial charge in [-0.25, -0.2) is 0 Å². The minimum atomic E-state index is -3.14. The highest BCUT2D eigenvalue weighted by Gasteiger charge is 2.53. The normalized spacial score (nSPS) is 14.1. The second-order valence-corrected chi connectivity index (χ2v) is 35.5. The smallest absolute Gasteiger partial charge is 0.232 e. The summed E-state index contributed by atoms with van der Waals surface area (Å²) >= 11 is 5.97. The molecule has 0 amide bonds. The number of hydrogen-bond acceptors (Lipinski definition) is 4. The van der Waals surface area contributed by atoms with Crippen LogP contribution in [0.1, 0.15) is 50.1 Å². The van der Waals surface area contributed by atoms with Gasteiger partial charge in [0.1, 0.15) is 0 Å². The predicted octanol–water partition coefficient (Wildman–Crippen LogP) is 23.8. The van der Waals surface area contributed by atoms with Crippen molar-refractivity contribution in [3.63, 3.8) is 0 Å². The highest BCUT2D eigenvalue weighted by atomic mass is 127. The van der Waals surface area contributed by atoms with E-state index in [1.54, 1.807) is 11.8 Å². The topological polar surface area (TPSA) is 24.1 Å². The van der Waals surface area contributed by atoms with E-state index in [2.05, 4.69) is 438 Å². The number of para-hydroxylation sites is 2. The monoisotopic (exact) mass is 1490 g/mol. The van der Waals surface area contributed by atoms with Crippen molar-refractivity contribution in [2.75, 3.05) is 10.6 Å². The van der Waals surface area contributed by atoms with Gasteiger partial charge in [-0.05, 0) is 181 Å². The molecule has 0 spiro atoms. The average molecular weight is 1500 g/mol. The Morgan fingerprint density at radius 3 is 0.883 bits per heavy atom. The van der Waals surface area contributed by atoms with E-state index in [1.807, 2.05) is 11.8 Å². The lowest BCUT2D eigenvalue weighted by molar-refractivity contribution is 1.31. The largest absolute Gasteiger partial charge is 0.354 e. The molecule has 0 aliphatic carbocycles. The van der Waals surface area contributed by atoms with E-state index in [9.17, 15) is 0 Å². The molecule has 0 saturated carbocycles. The maximum atomic E-state index is 6.78. The first-order valence-electron chi connectivity index (χ1n) is 34.5. The maximum Gasteiger partial charge on any atom is 0.232 e. The van der Waals surface area contributed by atoms with Gasteiger partial charge in [0, 0.05) is 28.7 Å². The molecule has 488 valence electrons. The summed E-state index contributed by atoms with van der Waals surface area (Å²) in [5.41, 5.74) is 27.9. The number of allylic oxidation sites excluding steroid dienone is 4. The van der Waals surface area contributed by atoms with Crippen molar-refractivity contribution < 1.29 is 0 Å². The molecule has 0 fully saturated rings. The first-order chi connectivity index (χ1) is 51.0. The van der Waals surface area contributed by atoms with E-state index in [4.69, 9.17) is 6.42 Å². The van der Waals surface area contributed by atoms with Crippen LogP contribution >= 0.6 is 46.1 Å².